The van der Waals surface area contributed by atoms with Crippen molar-refractivity contribution in [2.45, 2.75) is 0 Å². The molecular weight excluding hydrogens is 402 g/mol. The van der Waals surface area contributed by atoms with E-state index >= 15 is 0 Å². The first-order valence-corrected chi connectivity index (χ1v) is 12.7. The zero-order chi connectivity index (χ0) is 12.8. The van der Waals surface area contributed by atoms with Gasteiger partial charge >= 0.3 is 68.2 Å². The van der Waals surface area contributed by atoms with Crippen molar-refractivity contribution in [3.8, 4) is 0 Å². The molecule has 78 valence electrons. The average molecular weight is 417 g/mol. The monoisotopic (exact) mass is 414 g/mol. The van der Waals surface area contributed by atoms with Crippen LogP contribution in [-0.4, -0.2) is 26.0 Å². The molecule has 0 saturated carbocycles. The van der Waals surface area contributed by atoms with Gasteiger partial charge in [-0.1, -0.05) is 0 Å². The third kappa shape index (κ3) is 1140. The van der Waals surface area contributed by atoms with E-state index in [0.29, 0.717) is 11.6 Å². The summed E-state index contributed by atoms with van der Waals surface area (Å²) in [6.45, 7) is 19.5. The molecule has 0 aromatic heterocycles. The molecule has 0 aromatic carbocycles. The summed E-state index contributed by atoms with van der Waals surface area (Å²) >= 11 is 11.8. The van der Waals surface area contributed by atoms with Gasteiger partial charge in [-0.05, 0) is 0 Å². The number of halogens is 3. The van der Waals surface area contributed by atoms with Gasteiger partial charge in [-0.15, -0.1) is 0 Å². The molecule has 0 spiro atoms. The van der Waals surface area contributed by atoms with Gasteiger partial charge in [0.05, 0.1) is 0 Å². The fourth-order valence-corrected chi connectivity index (χ4v) is 0. The maximum atomic E-state index is 3.25. The number of hydrogen-bond acceptors (Lipinski definition) is 0. The molecule has 0 aliphatic rings. The molecule has 14 heavy (non-hydrogen) atoms. The Bertz CT molecular complexity index is 64.2. The Morgan fingerprint density at radius 2 is 0.857 bits per heavy atom. The molecule has 0 aromatic rings. The molecule has 0 atom stereocenters. The van der Waals surface area contributed by atoms with Crippen LogP contribution in [0.3, 0.4) is 0 Å². The summed E-state index contributed by atoms with van der Waals surface area (Å²) in [7, 11) is 0. The van der Waals surface area contributed by atoms with Crippen molar-refractivity contribution in [1.82, 2.24) is 0 Å². The molecule has 0 saturated heterocycles. The Kier molecular flexibility index (Phi) is 189. The van der Waals surface area contributed by atoms with Crippen molar-refractivity contribution < 1.29 is 0 Å². The van der Waals surface area contributed by atoms with Crippen molar-refractivity contribution in [2.75, 3.05) is 0 Å². The SMILES string of the molecule is C=C[CH2-].C=C[CH2-].C=C[CH2-].[Al+2][Br].[Br][Al+][Br]. The molecule has 0 N–H and O–H groups in total. The first-order chi connectivity index (χ1) is 6.66. The van der Waals surface area contributed by atoms with Crippen LogP contribution < -0.4 is 0 Å². The zero-order valence-corrected chi connectivity index (χ0v) is 15.3. The van der Waals surface area contributed by atoms with Gasteiger partial charge in [-0.2, -0.15) is 0 Å². The molecule has 0 fully saturated rings. The summed E-state index contributed by atoms with van der Waals surface area (Å²) in [6, 6.07) is 0. The Balaban J connectivity index is -0.0000000243. The molecule has 5 heteroatoms. The van der Waals surface area contributed by atoms with Crippen LogP contribution in [0.15, 0.2) is 38.0 Å². The summed E-state index contributed by atoms with van der Waals surface area (Å²) in [5.41, 5.74) is 0. The van der Waals surface area contributed by atoms with Crippen LogP contribution in [0.5, 0.6) is 0 Å². The van der Waals surface area contributed by atoms with E-state index in [9.17, 15) is 0 Å². The van der Waals surface area contributed by atoms with Crippen LogP contribution >= 0.6 is 42.2 Å². The minimum atomic E-state index is 0.375. The van der Waals surface area contributed by atoms with Crippen LogP contribution in [-0.2, 0) is 0 Å². The van der Waals surface area contributed by atoms with Gasteiger partial charge in [0.1, 0.15) is 0 Å². The van der Waals surface area contributed by atoms with E-state index in [1.807, 2.05) is 0 Å². The second-order valence-corrected chi connectivity index (χ2v) is 7.55. The van der Waals surface area contributed by atoms with Crippen molar-refractivity contribution in [1.29, 1.82) is 0 Å². The zero-order valence-electron chi connectivity index (χ0n) is 8.26. The van der Waals surface area contributed by atoms with E-state index in [2.05, 4.69) is 97.1 Å². The predicted molar refractivity (Wildman–Crippen MR) is 85.0 cm³/mol. The fraction of sp³-hybridized carbons (Fsp3) is 0. The van der Waals surface area contributed by atoms with Crippen LogP contribution in [0.2, 0.25) is 0 Å². The van der Waals surface area contributed by atoms with Gasteiger partial charge in [-0.3, -0.25) is 0 Å². The molecule has 0 heterocycles. The Hall–Kier alpha value is 1.33. The molecule has 0 bridgehead atoms. The molecule has 0 nitrogen and oxygen atoms in total. The van der Waals surface area contributed by atoms with Gasteiger partial charge in [0.25, 0.3) is 0 Å². The van der Waals surface area contributed by atoms with E-state index < -0.39 is 0 Å². The van der Waals surface area contributed by atoms with E-state index in [1.54, 1.807) is 0 Å². The summed E-state index contributed by atoms with van der Waals surface area (Å²) < 4.78 is 0. The van der Waals surface area contributed by atoms with Gasteiger partial charge in [0.2, 0.25) is 0 Å². The molecule has 0 amide bonds. The molecule has 0 radical (unpaired) electrons. The third-order valence-electron chi connectivity index (χ3n) is 0. The van der Waals surface area contributed by atoms with Gasteiger partial charge in [0.15, 0.2) is 0 Å². The Morgan fingerprint density at radius 1 is 0.857 bits per heavy atom. The van der Waals surface area contributed by atoms with Crippen LogP contribution in [0.25, 0.3) is 0 Å². The van der Waals surface area contributed by atoms with E-state index in [1.165, 1.54) is 18.2 Å². The summed E-state index contributed by atoms with van der Waals surface area (Å²) in [6.07, 6.45) is 4.50. The second kappa shape index (κ2) is 89.6. The summed E-state index contributed by atoms with van der Waals surface area (Å²) in [5.74, 6) is 0. The van der Waals surface area contributed by atoms with Crippen LogP contribution in [0.1, 0.15) is 0 Å². The van der Waals surface area contributed by atoms with Crippen molar-refractivity contribution in [3.05, 3.63) is 58.7 Å². The van der Waals surface area contributed by atoms with E-state index in [0.717, 1.165) is 0 Å². The third-order valence-corrected chi connectivity index (χ3v) is 0. The predicted octanol–water partition coefficient (Wildman–Crippen LogP) is 4.79. The van der Waals surface area contributed by atoms with Crippen LogP contribution in [0.4, 0.5) is 0 Å². The summed E-state index contributed by atoms with van der Waals surface area (Å²) in [5, 5.41) is 0. The van der Waals surface area contributed by atoms with E-state index in [4.69, 9.17) is 0 Å². The second-order valence-electron chi connectivity index (χ2n) is 0.949. The Labute approximate surface area is 125 Å². The summed E-state index contributed by atoms with van der Waals surface area (Å²) in [4.78, 5) is 0. The number of rotatable bonds is 0. The molecule has 0 unspecified atom stereocenters. The maximum absolute atomic E-state index is 3.25. The van der Waals surface area contributed by atoms with Gasteiger partial charge < -0.3 is 0 Å². The minimum absolute atomic E-state index is 0.375. The Morgan fingerprint density at radius 3 is 0.857 bits per heavy atom. The standard InChI is InChI=1S/3C3H5.2Al.3BrH/c3*1-3-2;;;;;/h3*3H,1-2H2;;;3*1H/q3*-1;2*+3;;;/p-3. The fourth-order valence-electron chi connectivity index (χ4n) is 0. The van der Waals surface area contributed by atoms with Crippen LogP contribution in [0, 0.1) is 20.8 Å². The quantitative estimate of drug-likeness (QED) is 0.393. The normalized spacial score (nSPS) is 3.79. The average Bonchev–Trinajstić information content (AvgIpc) is 2.12. The molecular formula is C9H15Al2Br3. The topological polar surface area (TPSA) is 0 Å². The number of allylic oxidation sites excluding steroid dienone is 3. The van der Waals surface area contributed by atoms with Gasteiger partial charge in [-0.25, -0.2) is 58.7 Å². The molecule has 0 aliphatic carbocycles. The molecule has 0 rings (SSSR count). The van der Waals surface area contributed by atoms with Crippen molar-refractivity contribution >= 4 is 68.2 Å². The number of hydrogen-bond donors (Lipinski definition) is 0. The molecule has 0 aliphatic heterocycles. The van der Waals surface area contributed by atoms with Gasteiger partial charge in [0, 0.05) is 0 Å². The first-order valence-electron chi connectivity index (χ1n) is 3.10. The van der Waals surface area contributed by atoms with Crippen molar-refractivity contribution in [3.63, 3.8) is 0 Å². The first kappa shape index (κ1) is 29.5. The van der Waals surface area contributed by atoms with E-state index in [-0.39, 0.29) is 0 Å². The van der Waals surface area contributed by atoms with Crippen molar-refractivity contribution in [2.24, 2.45) is 0 Å².